The molecule has 0 bridgehead atoms. The normalized spacial score (nSPS) is 16.4. The third-order valence-electron chi connectivity index (χ3n) is 3.43. The van der Waals surface area contributed by atoms with Crippen molar-refractivity contribution in [1.82, 2.24) is 9.88 Å². The number of rotatable bonds is 4. The minimum Gasteiger partial charge on any atom is -0.395 e. The zero-order valence-corrected chi connectivity index (χ0v) is 12.4. The van der Waals surface area contributed by atoms with Crippen LogP contribution in [0.1, 0.15) is 22.5 Å². The van der Waals surface area contributed by atoms with Gasteiger partial charge in [0.1, 0.15) is 10.7 Å². The highest BCUT2D eigenvalue weighted by Gasteiger charge is 2.24. The van der Waals surface area contributed by atoms with Gasteiger partial charge in [0.15, 0.2) is 5.13 Å². The number of nitrogen functional groups attached to an aromatic ring is 1. The first-order valence-electron chi connectivity index (χ1n) is 6.66. The fourth-order valence-electron chi connectivity index (χ4n) is 2.12. The Morgan fingerprint density at radius 1 is 1.55 bits per heavy atom. The van der Waals surface area contributed by atoms with Gasteiger partial charge in [0.25, 0.3) is 5.91 Å². The number of nitrogens with two attached hydrogens (primary N) is 2. The van der Waals surface area contributed by atoms with Crippen molar-refractivity contribution in [3.8, 4) is 0 Å². The van der Waals surface area contributed by atoms with Crippen LogP contribution < -0.4 is 16.4 Å². The summed E-state index contributed by atoms with van der Waals surface area (Å²) in [5.74, 6) is 0.0590. The molecule has 5 N–H and O–H groups in total. The number of aliphatic hydroxyl groups is 1. The number of likely N-dealkylation sites (N-methyl/N-ethyl adjacent to an activating group) is 1. The topological polar surface area (TPSA) is 109 Å². The van der Waals surface area contributed by atoms with E-state index >= 15 is 0 Å². The smallest absolute Gasteiger partial charge is 0.267 e. The van der Waals surface area contributed by atoms with Gasteiger partial charge in [-0.15, -0.1) is 0 Å². The van der Waals surface area contributed by atoms with Crippen LogP contribution in [0.25, 0.3) is 0 Å². The van der Waals surface area contributed by atoms with E-state index in [1.54, 1.807) is 7.05 Å². The van der Waals surface area contributed by atoms with Crippen LogP contribution in [0.4, 0.5) is 10.9 Å². The maximum Gasteiger partial charge on any atom is 0.267 e. The molecular formula is C12H21N5O2S. The largest absolute Gasteiger partial charge is 0.395 e. The number of hydrogen-bond donors (Lipinski definition) is 3. The van der Waals surface area contributed by atoms with Crippen molar-refractivity contribution < 1.29 is 9.90 Å². The second kappa shape index (κ2) is 6.38. The van der Waals surface area contributed by atoms with Gasteiger partial charge in [-0.2, -0.15) is 0 Å². The van der Waals surface area contributed by atoms with E-state index in [-0.39, 0.29) is 30.9 Å². The number of anilines is 2. The van der Waals surface area contributed by atoms with Gasteiger partial charge in [0.2, 0.25) is 0 Å². The molecule has 1 saturated heterocycles. The van der Waals surface area contributed by atoms with Crippen molar-refractivity contribution in [2.45, 2.75) is 18.9 Å². The maximum atomic E-state index is 12.2. The second-order valence-corrected chi connectivity index (χ2v) is 5.96. The van der Waals surface area contributed by atoms with Gasteiger partial charge < -0.3 is 26.4 Å². The number of amides is 1. The fourth-order valence-corrected chi connectivity index (χ4v) is 3.16. The molecule has 7 nitrogen and oxygen atoms in total. The van der Waals surface area contributed by atoms with Crippen LogP contribution in [0, 0.1) is 0 Å². The van der Waals surface area contributed by atoms with E-state index in [0.717, 1.165) is 31.1 Å². The number of aliphatic hydroxyl groups excluding tert-OH is 1. The molecule has 0 radical (unpaired) electrons. The lowest BCUT2D eigenvalue weighted by atomic mass is 10.1. The summed E-state index contributed by atoms with van der Waals surface area (Å²) in [6.07, 6.45) is 1.85. The number of nitrogens with zero attached hydrogens (tertiary/aromatic N) is 3. The van der Waals surface area contributed by atoms with E-state index in [4.69, 9.17) is 16.6 Å². The molecule has 1 aliphatic heterocycles. The van der Waals surface area contributed by atoms with Gasteiger partial charge in [-0.05, 0) is 12.8 Å². The van der Waals surface area contributed by atoms with Crippen LogP contribution >= 0.6 is 11.3 Å². The second-order valence-electron chi connectivity index (χ2n) is 4.99. The van der Waals surface area contributed by atoms with Crippen LogP contribution in [0.15, 0.2) is 0 Å². The summed E-state index contributed by atoms with van der Waals surface area (Å²) in [6.45, 7) is 1.89. The van der Waals surface area contributed by atoms with Crippen LogP contribution in [0.3, 0.4) is 0 Å². The molecular weight excluding hydrogens is 278 g/mol. The lowest BCUT2D eigenvalue weighted by Crippen LogP contribution is -2.39. The molecule has 0 saturated carbocycles. The van der Waals surface area contributed by atoms with Crippen molar-refractivity contribution in [3.63, 3.8) is 0 Å². The first-order chi connectivity index (χ1) is 9.52. The molecule has 1 fully saturated rings. The summed E-state index contributed by atoms with van der Waals surface area (Å²) >= 11 is 1.31. The minimum absolute atomic E-state index is 0.0716. The highest BCUT2D eigenvalue weighted by Crippen LogP contribution is 2.30. The van der Waals surface area contributed by atoms with Crippen molar-refractivity contribution in [2.75, 3.05) is 43.9 Å². The minimum atomic E-state index is -0.200. The Kier molecular flexibility index (Phi) is 4.79. The third kappa shape index (κ3) is 3.20. The van der Waals surface area contributed by atoms with E-state index in [0.29, 0.717) is 4.88 Å². The van der Waals surface area contributed by atoms with Gasteiger partial charge in [0.05, 0.1) is 6.61 Å². The Morgan fingerprint density at radius 2 is 2.20 bits per heavy atom. The molecule has 0 atom stereocenters. The van der Waals surface area contributed by atoms with Crippen LogP contribution in [0.5, 0.6) is 0 Å². The van der Waals surface area contributed by atoms with Crippen LogP contribution in [-0.2, 0) is 0 Å². The Labute approximate surface area is 122 Å². The first kappa shape index (κ1) is 15.0. The van der Waals surface area contributed by atoms with Gasteiger partial charge in [-0.1, -0.05) is 11.3 Å². The summed E-state index contributed by atoms with van der Waals surface area (Å²) in [4.78, 5) is 20.5. The maximum absolute atomic E-state index is 12.2. The highest BCUT2D eigenvalue weighted by atomic mass is 32.1. The predicted molar refractivity (Wildman–Crippen MR) is 80.0 cm³/mol. The number of hydrogen-bond acceptors (Lipinski definition) is 7. The summed E-state index contributed by atoms with van der Waals surface area (Å²) < 4.78 is 0. The van der Waals surface area contributed by atoms with Crippen molar-refractivity contribution in [2.24, 2.45) is 5.73 Å². The number of carbonyl (C=O) groups excluding carboxylic acids is 1. The number of aromatic nitrogens is 1. The van der Waals surface area contributed by atoms with Crippen molar-refractivity contribution in [3.05, 3.63) is 4.88 Å². The summed E-state index contributed by atoms with van der Waals surface area (Å²) in [5, 5.41) is 9.65. The Morgan fingerprint density at radius 3 is 2.80 bits per heavy atom. The van der Waals surface area contributed by atoms with E-state index in [1.807, 2.05) is 0 Å². The molecule has 2 heterocycles. The fraction of sp³-hybridized carbons (Fsp3) is 0.667. The zero-order valence-electron chi connectivity index (χ0n) is 11.6. The monoisotopic (exact) mass is 299 g/mol. The van der Waals surface area contributed by atoms with E-state index in [1.165, 1.54) is 16.2 Å². The quantitative estimate of drug-likeness (QED) is 0.705. The molecule has 20 heavy (non-hydrogen) atoms. The van der Waals surface area contributed by atoms with E-state index in [2.05, 4.69) is 9.88 Å². The van der Waals surface area contributed by atoms with Crippen LogP contribution in [-0.4, -0.2) is 60.2 Å². The molecule has 112 valence electrons. The first-order valence-corrected chi connectivity index (χ1v) is 7.47. The van der Waals surface area contributed by atoms with Gasteiger partial charge in [-0.3, -0.25) is 4.79 Å². The molecule has 2 rings (SSSR count). The molecule has 0 aromatic carbocycles. The van der Waals surface area contributed by atoms with E-state index < -0.39 is 0 Å². The number of thiazole rings is 1. The molecule has 8 heteroatoms. The SMILES string of the molecule is CN(CCO)C(=O)c1sc(N2CCC(N)CC2)nc1N. The number of carbonyl (C=O) groups is 1. The molecule has 0 spiro atoms. The molecule has 1 aromatic heterocycles. The Hall–Kier alpha value is -1.38. The molecule has 0 unspecified atom stereocenters. The van der Waals surface area contributed by atoms with Crippen LogP contribution in [0.2, 0.25) is 0 Å². The summed E-state index contributed by atoms with van der Waals surface area (Å²) in [6, 6.07) is 0.250. The zero-order chi connectivity index (χ0) is 14.7. The molecule has 1 amide bonds. The molecule has 1 aromatic rings. The summed E-state index contributed by atoms with van der Waals surface area (Å²) in [5.41, 5.74) is 11.7. The predicted octanol–water partition coefficient (Wildman–Crippen LogP) is -0.283. The Bertz CT molecular complexity index is 470. The number of piperidine rings is 1. The lowest BCUT2D eigenvalue weighted by molar-refractivity contribution is 0.0772. The van der Waals surface area contributed by atoms with Crippen molar-refractivity contribution >= 4 is 28.2 Å². The highest BCUT2D eigenvalue weighted by molar-refractivity contribution is 7.18. The molecule has 0 aliphatic carbocycles. The van der Waals surface area contributed by atoms with E-state index in [9.17, 15) is 4.79 Å². The summed E-state index contributed by atoms with van der Waals surface area (Å²) in [7, 11) is 1.64. The van der Waals surface area contributed by atoms with Gasteiger partial charge in [0, 0.05) is 32.7 Å². The van der Waals surface area contributed by atoms with Crippen molar-refractivity contribution in [1.29, 1.82) is 0 Å². The standard InChI is InChI=1S/C12H21N5O2S/c1-16(6-7-18)11(19)9-10(14)15-12(20-9)17-4-2-8(13)3-5-17/h8,18H,2-7,13-14H2,1H3. The van der Waals surface area contributed by atoms with Gasteiger partial charge >= 0.3 is 0 Å². The average Bonchev–Trinajstić information content (AvgIpc) is 2.81. The lowest BCUT2D eigenvalue weighted by Gasteiger charge is -2.29. The average molecular weight is 299 g/mol. The van der Waals surface area contributed by atoms with Gasteiger partial charge in [-0.25, -0.2) is 4.98 Å². The third-order valence-corrected chi connectivity index (χ3v) is 4.55. The molecule has 1 aliphatic rings. The Balaban J connectivity index is 2.11.